The fourth-order valence-electron chi connectivity index (χ4n) is 2.81. The molecular weight excluding hydrogens is 548 g/mol. The second-order valence-corrected chi connectivity index (χ2v) is 10.1. The summed E-state index contributed by atoms with van der Waals surface area (Å²) >= 11 is 1.51. The van der Waals surface area contributed by atoms with Gasteiger partial charge < -0.3 is 35.6 Å². The van der Waals surface area contributed by atoms with Crippen LogP contribution in [-0.2, 0) is 19.1 Å². The lowest BCUT2D eigenvalue weighted by atomic mass is 10.3. The summed E-state index contributed by atoms with van der Waals surface area (Å²) in [5, 5.41) is 9.53. The van der Waals surface area contributed by atoms with E-state index in [1.165, 1.54) is 14.2 Å². The smallest absolute Gasteiger partial charge is 0.315 e. The molecule has 220 valence electrons. The van der Waals surface area contributed by atoms with Gasteiger partial charge >= 0.3 is 12.1 Å². The first-order valence-electron chi connectivity index (χ1n) is 12.8. The normalized spacial score (nSPS) is 10.6. The predicted molar refractivity (Wildman–Crippen MR) is 150 cm³/mol. The van der Waals surface area contributed by atoms with Gasteiger partial charge in [0.2, 0.25) is 26.5 Å². The van der Waals surface area contributed by atoms with Crippen LogP contribution in [0.25, 0.3) is 0 Å². The summed E-state index contributed by atoms with van der Waals surface area (Å²) in [4.78, 5) is 63.9. The van der Waals surface area contributed by atoms with Crippen molar-refractivity contribution in [2.75, 3.05) is 71.6 Å². The van der Waals surface area contributed by atoms with Gasteiger partial charge in [0, 0.05) is 40.4 Å². The van der Waals surface area contributed by atoms with Crippen molar-refractivity contribution in [2.24, 2.45) is 0 Å². The van der Waals surface area contributed by atoms with Gasteiger partial charge in [0.1, 0.15) is 0 Å². The van der Waals surface area contributed by atoms with Gasteiger partial charge in [0.15, 0.2) is 0 Å². The molecule has 4 N–H and O–H groups in total. The topological polar surface area (TPSA) is 177 Å². The van der Waals surface area contributed by atoms with Gasteiger partial charge in [-0.15, -0.1) is 0 Å². The number of unbranched alkanes of at least 4 members (excludes halogenated alkanes) is 2. The van der Waals surface area contributed by atoms with Crippen LogP contribution in [0.15, 0.2) is 10.3 Å². The molecule has 0 aliphatic rings. The van der Waals surface area contributed by atoms with Crippen LogP contribution in [0, 0.1) is 0 Å². The summed E-state index contributed by atoms with van der Waals surface area (Å²) in [6.07, 6.45) is 3.79. The van der Waals surface area contributed by atoms with Gasteiger partial charge in [-0.1, -0.05) is 26.7 Å². The van der Waals surface area contributed by atoms with Crippen LogP contribution >= 0.6 is 23.5 Å². The number of anilines is 1. The molecule has 1 aromatic heterocycles. The standard InChI is InChI=1S/C23H40N8O6S2/c1-5-7-11-31(12-8-6-2)19-28-22(38-17(32)15-26-20(34)24-9-13-36-3)30-23(29-19)39-18(33)16-27-21(35)25-10-14-37-4/h5-16H2,1-4H3,(H2,24,26,34)(H2,25,27,35). The van der Waals surface area contributed by atoms with Crippen molar-refractivity contribution in [3.05, 3.63) is 0 Å². The highest BCUT2D eigenvalue weighted by atomic mass is 32.2. The molecule has 4 amide bonds. The van der Waals surface area contributed by atoms with E-state index in [1.54, 1.807) is 0 Å². The van der Waals surface area contributed by atoms with E-state index in [9.17, 15) is 19.2 Å². The first-order valence-corrected chi connectivity index (χ1v) is 14.4. The zero-order valence-corrected chi connectivity index (χ0v) is 24.7. The van der Waals surface area contributed by atoms with Crippen LogP contribution in [-0.4, -0.2) is 104 Å². The number of thioether (sulfide) groups is 2. The van der Waals surface area contributed by atoms with E-state index in [2.05, 4.69) is 50.1 Å². The minimum atomic E-state index is -0.497. The van der Waals surface area contributed by atoms with E-state index in [4.69, 9.17) is 9.47 Å². The number of urea groups is 2. The Hall–Kier alpha value is -2.69. The van der Waals surface area contributed by atoms with Crippen molar-refractivity contribution in [3.63, 3.8) is 0 Å². The maximum atomic E-state index is 12.5. The van der Waals surface area contributed by atoms with Crippen molar-refractivity contribution >= 4 is 51.8 Å². The van der Waals surface area contributed by atoms with E-state index in [-0.39, 0.29) is 33.6 Å². The fourth-order valence-corrected chi connectivity index (χ4v) is 4.08. The minimum Gasteiger partial charge on any atom is -0.383 e. The number of hydrogen-bond acceptors (Lipinski definition) is 12. The van der Waals surface area contributed by atoms with Gasteiger partial charge in [-0.3, -0.25) is 9.59 Å². The summed E-state index contributed by atoms with van der Waals surface area (Å²) in [6.45, 7) is 6.42. The van der Waals surface area contributed by atoms with Crippen molar-refractivity contribution in [1.29, 1.82) is 0 Å². The number of amides is 4. The number of ether oxygens (including phenoxy) is 2. The molecule has 1 heterocycles. The van der Waals surface area contributed by atoms with E-state index in [1.807, 2.05) is 4.90 Å². The maximum Gasteiger partial charge on any atom is 0.315 e. The molecule has 0 aromatic carbocycles. The first-order chi connectivity index (χ1) is 18.8. The quantitative estimate of drug-likeness (QED) is 0.135. The molecule has 0 saturated heterocycles. The number of hydrogen-bond donors (Lipinski definition) is 4. The Morgan fingerprint density at radius 3 is 1.54 bits per heavy atom. The first kappa shape index (κ1) is 34.3. The predicted octanol–water partition coefficient (Wildman–Crippen LogP) is 1.41. The average molecular weight is 589 g/mol. The van der Waals surface area contributed by atoms with Crippen LogP contribution in [0.3, 0.4) is 0 Å². The number of aromatic nitrogens is 3. The molecular formula is C23H40N8O6S2. The second-order valence-electron chi connectivity index (χ2n) is 8.05. The van der Waals surface area contributed by atoms with Crippen molar-refractivity contribution in [1.82, 2.24) is 36.2 Å². The van der Waals surface area contributed by atoms with E-state index < -0.39 is 12.1 Å². The van der Waals surface area contributed by atoms with Gasteiger partial charge in [-0.25, -0.2) is 9.59 Å². The second kappa shape index (κ2) is 21.2. The molecule has 0 radical (unpaired) electrons. The highest BCUT2D eigenvalue weighted by molar-refractivity contribution is 8.14. The van der Waals surface area contributed by atoms with Crippen molar-refractivity contribution in [3.8, 4) is 0 Å². The molecule has 16 heteroatoms. The molecule has 0 spiro atoms. The molecule has 0 saturated carbocycles. The maximum absolute atomic E-state index is 12.5. The van der Waals surface area contributed by atoms with Crippen LogP contribution in [0.4, 0.5) is 15.5 Å². The monoisotopic (exact) mass is 588 g/mol. The number of carbonyl (C=O) groups is 4. The summed E-state index contributed by atoms with van der Waals surface area (Å²) in [5.41, 5.74) is 0. The fraction of sp³-hybridized carbons (Fsp3) is 0.696. The molecule has 14 nitrogen and oxygen atoms in total. The lowest BCUT2D eigenvalue weighted by molar-refractivity contribution is -0.110. The Morgan fingerprint density at radius 2 is 1.15 bits per heavy atom. The molecule has 0 bridgehead atoms. The third kappa shape index (κ3) is 16.1. The summed E-state index contributed by atoms with van der Waals surface area (Å²) < 4.78 is 9.73. The minimum absolute atomic E-state index is 0.116. The molecule has 1 aromatic rings. The molecule has 0 unspecified atom stereocenters. The summed E-state index contributed by atoms with van der Waals surface area (Å²) in [5.74, 6) is 0.369. The number of carbonyl (C=O) groups excluding carboxylic acids is 4. The number of nitrogens with zero attached hydrogens (tertiary/aromatic N) is 4. The zero-order chi connectivity index (χ0) is 28.9. The molecule has 39 heavy (non-hydrogen) atoms. The van der Waals surface area contributed by atoms with Gasteiger partial charge in [0.25, 0.3) is 0 Å². The molecule has 0 fully saturated rings. The van der Waals surface area contributed by atoms with Gasteiger partial charge in [-0.05, 0) is 36.4 Å². The van der Waals surface area contributed by atoms with Gasteiger partial charge in [0.05, 0.1) is 26.3 Å². The van der Waals surface area contributed by atoms with Crippen molar-refractivity contribution in [2.45, 2.75) is 49.8 Å². The van der Waals surface area contributed by atoms with E-state index in [0.717, 1.165) is 49.2 Å². The SMILES string of the molecule is CCCCN(CCCC)c1nc(SC(=O)CNC(=O)NCCOC)nc(SC(=O)CNC(=O)NCCOC)n1. The number of nitrogens with one attached hydrogen (secondary N) is 4. The highest BCUT2D eigenvalue weighted by Gasteiger charge is 2.19. The summed E-state index contributed by atoms with van der Waals surface area (Å²) in [6, 6.07) is -0.994. The van der Waals surface area contributed by atoms with Crippen LogP contribution in [0.5, 0.6) is 0 Å². The molecule has 0 aliphatic carbocycles. The Bertz CT molecular complexity index is 845. The zero-order valence-electron chi connectivity index (χ0n) is 23.0. The third-order valence-electron chi connectivity index (χ3n) is 4.81. The van der Waals surface area contributed by atoms with Crippen LogP contribution in [0.2, 0.25) is 0 Å². The Balaban J connectivity index is 2.95. The Morgan fingerprint density at radius 1 is 0.718 bits per heavy atom. The molecule has 0 aliphatic heterocycles. The van der Waals surface area contributed by atoms with E-state index in [0.29, 0.717) is 45.3 Å². The molecule has 0 atom stereocenters. The highest BCUT2D eigenvalue weighted by Crippen LogP contribution is 2.23. The lowest BCUT2D eigenvalue weighted by Crippen LogP contribution is -2.39. The number of rotatable bonds is 19. The number of methoxy groups -OCH3 is 2. The van der Waals surface area contributed by atoms with E-state index >= 15 is 0 Å². The Labute approximate surface area is 237 Å². The largest absolute Gasteiger partial charge is 0.383 e. The van der Waals surface area contributed by atoms with Crippen LogP contribution < -0.4 is 26.2 Å². The average Bonchev–Trinajstić information content (AvgIpc) is 2.91. The Kier molecular flexibility index (Phi) is 18.6. The summed E-state index contributed by atoms with van der Waals surface area (Å²) in [7, 11) is 3.04. The van der Waals surface area contributed by atoms with Crippen LogP contribution in [0.1, 0.15) is 39.5 Å². The van der Waals surface area contributed by atoms with Crippen molar-refractivity contribution < 1.29 is 28.7 Å². The third-order valence-corrected chi connectivity index (χ3v) is 6.28. The lowest BCUT2D eigenvalue weighted by Gasteiger charge is -2.22. The molecule has 1 rings (SSSR count). The van der Waals surface area contributed by atoms with Gasteiger partial charge in [-0.2, -0.15) is 15.0 Å².